The molecule has 1 nitrogen and oxygen atoms in total. The molecule has 0 atom stereocenters. The van der Waals surface area contributed by atoms with Crippen molar-refractivity contribution in [3.8, 4) is 0 Å². The highest BCUT2D eigenvalue weighted by Gasteiger charge is 2.19. The standard InChI is InChI=1S/C14H15O/c1-2-6-11(7-3-1)14-10-12-8-4-5-9-13(12)15-14/h4-5,8-10H,1-3,6-7H2. The van der Waals surface area contributed by atoms with Crippen LogP contribution in [0, 0.1) is 5.92 Å². The van der Waals surface area contributed by atoms with Crippen molar-refractivity contribution >= 4 is 11.0 Å². The Hall–Kier alpha value is -1.24. The minimum Gasteiger partial charge on any atom is -0.460 e. The minimum atomic E-state index is 1.02. The predicted molar refractivity (Wildman–Crippen MR) is 61.6 cm³/mol. The van der Waals surface area contributed by atoms with Crippen molar-refractivity contribution in [2.45, 2.75) is 32.1 Å². The van der Waals surface area contributed by atoms with Crippen LogP contribution in [0.1, 0.15) is 37.9 Å². The van der Waals surface area contributed by atoms with Crippen LogP contribution in [0.5, 0.6) is 0 Å². The summed E-state index contributed by atoms with van der Waals surface area (Å²) in [5, 5.41) is 1.23. The van der Waals surface area contributed by atoms with Gasteiger partial charge in [-0.3, -0.25) is 0 Å². The summed E-state index contributed by atoms with van der Waals surface area (Å²) in [4.78, 5) is 0. The van der Waals surface area contributed by atoms with E-state index >= 15 is 0 Å². The first-order valence-corrected chi connectivity index (χ1v) is 5.77. The fourth-order valence-corrected chi connectivity index (χ4v) is 2.38. The summed E-state index contributed by atoms with van der Waals surface area (Å²) in [5.74, 6) is 2.63. The Labute approximate surface area is 90.1 Å². The molecule has 0 aliphatic heterocycles. The molecule has 1 heteroatoms. The normalized spacial score (nSPS) is 18.4. The van der Waals surface area contributed by atoms with Crippen LogP contribution in [0.15, 0.2) is 34.7 Å². The molecule has 15 heavy (non-hydrogen) atoms. The maximum Gasteiger partial charge on any atom is 0.134 e. The summed E-state index contributed by atoms with van der Waals surface area (Å²) < 4.78 is 5.87. The topological polar surface area (TPSA) is 13.1 Å². The molecular weight excluding hydrogens is 184 g/mol. The predicted octanol–water partition coefficient (Wildman–Crippen LogP) is 4.32. The lowest BCUT2D eigenvalue weighted by Gasteiger charge is -2.18. The van der Waals surface area contributed by atoms with Crippen molar-refractivity contribution in [3.05, 3.63) is 42.0 Å². The van der Waals surface area contributed by atoms with E-state index in [4.69, 9.17) is 4.42 Å². The van der Waals surface area contributed by atoms with Gasteiger partial charge in [0.15, 0.2) is 0 Å². The molecule has 1 aliphatic carbocycles. The molecule has 0 saturated heterocycles. The highest BCUT2D eigenvalue weighted by atomic mass is 16.3. The second kappa shape index (κ2) is 3.73. The third-order valence-electron chi connectivity index (χ3n) is 3.23. The first-order chi connectivity index (χ1) is 7.43. The lowest BCUT2D eigenvalue weighted by molar-refractivity contribution is 0.484. The van der Waals surface area contributed by atoms with Gasteiger partial charge in [-0.25, -0.2) is 0 Å². The van der Waals surface area contributed by atoms with E-state index in [9.17, 15) is 0 Å². The van der Waals surface area contributed by atoms with Crippen molar-refractivity contribution in [2.24, 2.45) is 0 Å². The van der Waals surface area contributed by atoms with E-state index in [1.165, 1.54) is 43.4 Å². The highest BCUT2D eigenvalue weighted by Crippen LogP contribution is 2.34. The van der Waals surface area contributed by atoms with E-state index in [-0.39, 0.29) is 0 Å². The number of hydrogen-bond acceptors (Lipinski definition) is 1. The Morgan fingerprint density at radius 3 is 2.53 bits per heavy atom. The van der Waals surface area contributed by atoms with Crippen LogP contribution in [0.2, 0.25) is 0 Å². The average Bonchev–Trinajstić information content (AvgIpc) is 2.74. The van der Waals surface area contributed by atoms with Crippen LogP contribution >= 0.6 is 0 Å². The molecule has 0 unspecified atom stereocenters. The molecule has 0 amide bonds. The average molecular weight is 199 g/mol. The third-order valence-corrected chi connectivity index (χ3v) is 3.23. The van der Waals surface area contributed by atoms with Crippen LogP contribution in [0.25, 0.3) is 11.0 Å². The summed E-state index contributed by atoms with van der Waals surface area (Å²) in [7, 11) is 0. The van der Waals surface area contributed by atoms with Crippen molar-refractivity contribution in [1.29, 1.82) is 0 Å². The number of rotatable bonds is 1. The van der Waals surface area contributed by atoms with Crippen molar-refractivity contribution in [2.75, 3.05) is 0 Å². The zero-order chi connectivity index (χ0) is 10.1. The van der Waals surface area contributed by atoms with Gasteiger partial charge in [-0.2, -0.15) is 0 Å². The molecule has 2 aromatic rings. The molecule has 1 radical (unpaired) electrons. The van der Waals surface area contributed by atoms with Gasteiger partial charge in [-0.1, -0.05) is 37.5 Å². The molecular formula is C14H15O. The summed E-state index contributed by atoms with van der Waals surface area (Å²) in [6.45, 7) is 0. The van der Waals surface area contributed by atoms with Crippen LogP contribution < -0.4 is 0 Å². The van der Waals surface area contributed by atoms with Crippen LogP contribution in [-0.2, 0) is 0 Å². The van der Waals surface area contributed by atoms with Crippen molar-refractivity contribution in [3.63, 3.8) is 0 Å². The maximum atomic E-state index is 5.87. The molecule has 0 N–H and O–H groups in total. The molecule has 77 valence electrons. The van der Waals surface area contributed by atoms with E-state index in [0.29, 0.717) is 0 Å². The maximum absolute atomic E-state index is 5.87. The zero-order valence-corrected chi connectivity index (χ0v) is 8.83. The van der Waals surface area contributed by atoms with Crippen LogP contribution in [0.4, 0.5) is 0 Å². The van der Waals surface area contributed by atoms with Gasteiger partial charge in [0.2, 0.25) is 0 Å². The highest BCUT2D eigenvalue weighted by molar-refractivity contribution is 5.78. The van der Waals surface area contributed by atoms with E-state index in [0.717, 1.165) is 11.3 Å². The summed E-state index contributed by atoms with van der Waals surface area (Å²) in [6, 6.07) is 10.4. The van der Waals surface area contributed by atoms with Gasteiger partial charge in [-0.05, 0) is 25.0 Å². The first kappa shape index (κ1) is 9.02. The Kier molecular flexibility index (Phi) is 2.24. The molecule has 1 heterocycles. The van der Waals surface area contributed by atoms with Gasteiger partial charge < -0.3 is 4.42 Å². The SMILES string of the molecule is c1ccc2oc([C]3CCCCC3)cc2c1. The Balaban J connectivity index is 1.96. The molecule has 1 fully saturated rings. The number of fused-ring (bicyclic) bond motifs is 1. The summed E-state index contributed by atoms with van der Waals surface area (Å²) >= 11 is 0. The second-order valence-electron chi connectivity index (χ2n) is 4.31. The van der Waals surface area contributed by atoms with Gasteiger partial charge in [0.1, 0.15) is 11.3 Å². The van der Waals surface area contributed by atoms with E-state index < -0.39 is 0 Å². The minimum absolute atomic E-state index is 1.02. The summed E-state index contributed by atoms with van der Waals surface area (Å²) in [6.07, 6.45) is 6.47. The number of furan rings is 1. The quantitative estimate of drug-likeness (QED) is 0.666. The van der Waals surface area contributed by atoms with Gasteiger partial charge >= 0.3 is 0 Å². The second-order valence-corrected chi connectivity index (χ2v) is 4.31. The monoisotopic (exact) mass is 199 g/mol. The number of benzene rings is 1. The van der Waals surface area contributed by atoms with Crippen molar-refractivity contribution in [1.82, 2.24) is 0 Å². The molecule has 1 saturated carbocycles. The first-order valence-electron chi connectivity index (χ1n) is 5.77. The van der Waals surface area contributed by atoms with E-state index in [2.05, 4.69) is 18.2 Å². The number of hydrogen-bond donors (Lipinski definition) is 0. The molecule has 3 rings (SSSR count). The lowest BCUT2D eigenvalue weighted by atomic mass is 9.87. The Bertz CT molecular complexity index is 416. The fraction of sp³-hybridized carbons (Fsp3) is 0.357. The molecule has 0 bridgehead atoms. The third kappa shape index (κ3) is 1.67. The molecule has 1 aliphatic rings. The smallest absolute Gasteiger partial charge is 0.134 e. The number of para-hydroxylation sites is 1. The fourth-order valence-electron chi connectivity index (χ4n) is 2.38. The van der Waals surface area contributed by atoms with Gasteiger partial charge in [0.25, 0.3) is 0 Å². The van der Waals surface area contributed by atoms with Gasteiger partial charge in [-0.15, -0.1) is 0 Å². The molecule has 0 spiro atoms. The Morgan fingerprint density at radius 1 is 0.933 bits per heavy atom. The van der Waals surface area contributed by atoms with Gasteiger partial charge in [0.05, 0.1) is 0 Å². The molecule has 1 aromatic heterocycles. The van der Waals surface area contributed by atoms with Crippen LogP contribution in [-0.4, -0.2) is 0 Å². The Morgan fingerprint density at radius 2 is 1.73 bits per heavy atom. The van der Waals surface area contributed by atoms with E-state index in [1.807, 2.05) is 12.1 Å². The molecule has 1 aromatic carbocycles. The largest absolute Gasteiger partial charge is 0.460 e. The van der Waals surface area contributed by atoms with Crippen LogP contribution in [0.3, 0.4) is 0 Å². The lowest BCUT2D eigenvalue weighted by Crippen LogP contribution is -2.03. The van der Waals surface area contributed by atoms with Gasteiger partial charge in [0, 0.05) is 11.3 Å². The zero-order valence-electron chi connectivity index (χ0n) is 8.83. The van der Waals surface area contributed by atoms with Crippen molar-refractivity contribution < 1.29 is 4.42 Å². The summed E-state index contributed by atoms with van der Waals surface area (Å²) in [5.41, 5.74) is 1.02. The van der Waals surface area contributed by atoms with E-state index in [1.54, 1.807) is 0 Å².